The largest absolute Gasteiger partial charge is 0.475 e. The van der Waals surface area contributed by atoms with Crippen molar-refractivity contribution >= 4 is 28.6 Å². The van der Waals surface area contributed by atoms with E-state index in [2.05, 4.69) is 27.7 Å². The van der Waals surface area contributed by atoms with Gasteiger partial charge in [0.05, 0.1) is 16.7 Å². The quantitative estimate of drug-likeness (QED) is 0.623. The average Bonchev–Trinajstić information content (AvgIpc) is 2.98. The molecular weight excluding hydrogens is 374 g/mol. The predicted molar refractivity (Wildman–Crippen MR) is 111 cm³/mol. The fraction of sp³-hybridized carbons (Fsp3) is 0.409. The van der Waals surface area contributed by atoms with Crippen molar-refractivity contribution in [3.05, 3.63) is 46.9 Å². The molecule has 5 nitrogen and oxygen atoms in total. The Balaban J connectivity index is 1.86. The molecule has 0 aliphatic heterocycles. The molecule has 0 unspecified atom stereocenters. The monoisotopic (exact) mass is 397 g/mol. The molecule has 2 heterocycles. The molecule has 1 N–H and O–H groups in total. The number of aromatic nitrogens is 3. The van der Waals surface area contributed by atoms with Crippen molar-refractivity contribution in [1.82, 2.24) is 14.5 Å². The molecule has 1 aliphatic carbocycles. The topological polar surface area (TPSA) is 68.0 Å². The average molecular weight is 398 g/mol. The Bertz CT molecular complexity index is 1040. The lowest BCUT2D eigenvalue weighted by Gasteiger charge is -2.26. The highest BCUT2D eigenvalue weighted by molar-refractivity contribution is 6.30. The number of carboxylic acids is 1. The molecular formula is C22H24ClN3O2. The lowest BCUT2D eigenvalue weighted by atomic mass is 9.83. The summed E-state index contributed by atoms with van der Waals surface area (Å²) < 4.78 is 2.22. The lowest BCUT2D eigenvalue weighted by molar-refractivity contribution is 0.0684. The third kappa shape index (κ3) is 3.63. The summed E-state index contributed by atoms with van der Waals surface area (Å²) in [4.78, 5) is 20.3. The van der Waals surface area contributed by atoms with Crippen LogP contribution >= 0.6 is 11.6 Å². The van der Waals surface area contributed by atoms with Crippen molar-refractivity contribution in [2.45, 2.75) is 46.1 Å². The second-order valence-corrected chi connectivity index (χ2v) is 8.44. The van der Waals surface area contributed by atoms with Crippen LogP contribution in [0.4, 0.5) is 0 Å². The van der Waals surface area contributed by atoms with Crippen LogP contribution in [0.2, 0.25) is 5.02 Å². The van der Waals surface area contributed by atoms with Gasteiger partial charge in [-0.2, -0.15) is 0 Å². The molecule has 0 spiro atoms. The molecule has 4 rings (SSSR count). The minimum atomic E-state index is -1.13. The number of fused-ring (bicyclic) bond motifs is 1. The van der Waals surface area contributed by atoms with Crippen molar-refractivity contribution in [3.8, 4) is 11.3 Å². The van der Waals surface area contributed by atoms with Gasteiger partial charge in [0.2, 0.25) is 5.82 Å². The van der Waals surface area contributed by atoms with E-state index in [4.69, 9.17) is 11.6 Å². The molecule has 0 saturated heterocycles. The van der Waals surface area contributed by atoms with E-state index in [1.165, 1.54) is 25.7 Å². The number of aryl methyl sites for hydroxylation is 1. The number of hydrogen-bond donors (Lipinski definition) is 1. The molecule has 3 aromatic rings. The summed E-state index contributed by atoms with van der Waals surface area (Å²) in [5.41, 5.74) is 3.99. The van der Waals surface area contributed by atoms with Gasteiger partial charge < -0.3 is 9.67 Å². The molecule has 0 radical (unpaired) electrons. The predicted octanol–water partition coefficient (Wildman–Crippen LogP) is 5.58. The summed E-state index contributed by atoms with van der Waals surface area (Å²) in [6.07, 6.45) is 7.06. The van der Waals surface area contributed by atoms with Crippen LogP contribution in [0.3, 0.4) is 0 Å². The summed E-state index contributed by atoms with van der Waals surface area (Å²) in [6, 6.07) is 7.39. The van der Waals surface area contributed by atoms with E-state index in [-0.39, 0.29) is 5.82 Å². The Morgan fingerprint density at radius 1 is 1.25 bits per heavy atom. The first kappa shape index (κ1) is 18.9. The van der Waals surface area contributed by atoms with E-state index < -0.39 is 5.97 Å². The summed E-state index contributed by atoms with van der Waals surface area (Å²) in [5.74, 6) is 0.119. The molecule has 1 saturated carbocycles. The van der Waals surface area contributed by atoms with Gasteiger partial charge in [-0.3, -0.25) is 0 Å². The van der Waals surface area contributed by atoms with Crippen molar-refractivity contribution in [2.75, 3.05) is 0 Å². The van der Waals surface area contributed by atoms with Gasteiger partial charge in [0.1, 0.15) is 0 Å². The van der Waals surface area contributed by atoms with E-state index in [1.54, 1.807) is 6.07 Å². The number of hydrogen-bond acceptors (Lipinski definition) is 3. The molecule has 1 aliphatic rings. The zero-order chi connectivity index (χ0) is 19.8. The van der Waals surface area contributed by atoms with Gasteiger partial charge in [-0.1, -0.05) is 43.5 Å². The Morgan fingerprint density at radius 3 is 2.68 bits per heavy atom. The van der Waals surface area contributed by atoms with Gasteiger partial charge in [0, 0.05) is 23.3 Å². The van der Waals surface area contributed by atoms with E-state index in [0.717, 1.165) is 29.1 Å². The van der Waals surface area contributed by atoms with Gasteiger partial charge in [0.25, 0.3) is 0 Å². The van der Waals surface area contributed by atoms with Gasteiger partial charge in [0.15, 0.2) is 0 Å². The Morgan fingerprint density at radius 2 is 2.00 bits per heavy atom. The first-order valence-electron chi connectivity index (χ1n) is 9.79. The minimum absolute atomic E-state index is 0.185. The van der Waals surface area contributed by atoms with Crippen molar-refractivity contribution < 1.29 is 9.90 Å². The molecule has 2 aromatic heterocycles. The van der Waals surface area contributed by atoms with Crippen molar-refractivity contribution in [1.29, 1.82) is 0 Å². The van der Waals surface area contributed by atoms with E-state index in [9.17, 15) is 9.90 Å². The van der Waals surface area contributed by atoms with Crippen LogP contribution in [-0.2, 0) is 6.54 Å². The Kier molecular flexibility index (Phi) is 5.11. The number of aromatic carboxylic acids is 1. The number of halogens is 1. The molecule has 6 heteroatoms. The van der Waals surface area contributed by atoms with Crippen molar-refractivity contribution in [2.24, 2.45) is 11.8 Å². The molecule has 1 fully saturated rings. The standard InChI is InChI=1S/C22H24ClN3O2/c1-13-6-8-15(9-7-13)12-26-11-14(2)18-20(26)19(25-21(24-18)22(27)28)16-4-3-5-17(23)10-16/h3-5,10-11,13,15H,6-9,12H2,1-2H3,(H,27,28)/t13-,15-. The van der Waals surface area contributed by atoms with Gasteiger partial charge in [-0.15, -0.1) is 0 Å². The highest BCUT2D eigenvalue weighted by Crippen LogP contribution is 2.34. The van der Waals surface area contributed by atoms with Gasteiger partial charge >= 0.3 is 5.97 Å². The van der Waals surface area contributed by atoms with Crippen LogP contribution in [-0.4, -0.2) is 25.6 Å². The molecule has 0 bridgehead atoms. The number of rotatable bonds is 4. The molecule has 146 valence electrons. The molecule has 28 heavy (non-hydrogen) atoms. The van der Waals surface area contributed by atoms with Crippen LogP contribution in [0.25, 0.3) is 22.3 Å². The van der Waals surface area contributed by atoms with Gasteiger partial charge in [-0.05, 0) is 49.3 Å². The van der Waals surface area contributed by atoms with Crippen LogP contribution in [0.15, 0.2) is 30.5 Å². The fourth-order valence-electron chi connectivity index (χ4n) is 4.23. The highest BCUT2D eigenvalue weighted by Gasteiger charge is 2.23. The van der Waals surface area contributed by atoms with Crippen molar-refractivity contribution in [3.63, 3.8) is 0 Å². The third-order valence-electron chi connectivity index (χ3n) is 5.77. The third-order valence-corrected chi connectivity index (χ3v) is 6.01. The second kappa shape index (κ2) is 7.55. The normalized spacial score (nSPS) is 19.8. The van der Waals surface area contributed by atoms with E-state index in [1.807, 2.05) is 25.1 Å². The number of benzene rings is 1. The maximum atomic E-state index is 11.6. The molecule has 1 aromatic carbocycles. The summed E-state index contributed by atoms with van der Waals surface area (Å²) >= 11 is 6.20. The van der Waals surface area contributed by atoms with E-state index >= 15 is 0 Å². The van der Waals surface area contributed by atoms with Gasteiger partial charge in [-0.25, -0.2) is 14.8 Å². The maximum Gasteiger partial charge on any atom is 0.373 e. The van der Waals surface area contributed by atoms with E-state index in [0.29, 0.717) is 22.2 Å². The van der Waals surface area contributed by atoms with Crippen LogP contribution in [0, 0.1) is 18.8 Å². The summed E-state index contributed by atoms with van der Waals surface area (Å²) in [6.45, 7) is 5.20. The van der Waals surface area contributed by atoms with Crippen LogP contribution in [0.1, 0.15) is 48.8 Å². The summed E-state index contributed by atoms with van der Waals surface area (Å²) in [7, 11) is 0. The maximum absolute atomic E-state index is 11.6. The fourth-order valence-corrected chi connectivity index (χ4v) is 4.42. The van der Waals surface area contributed by atoms with Crippen LogP contribution < -0.4 is 0 Å². The first-order valence-corrected chi connectivity index (χ1v) is 10.2. The second-order valence-electron chi connectivity index (χ2n) is 8.00. The first-order chi connectivity index (χ1) is 13.4. The zero-order valence-electron chi connectivity index (χ0n) is 16.2. The Hall–Kier alpha value is -2.40. The zero-order valence-corrected chi connectivity index (χ0v) is 16.9. The Labute approximate surface area is 169 Å². The van der Waals surface area contributed by atoms with Crippen LogP contribution in [0.5, 0.6) is 0 Å². The minimum Gasteiger partial charge on any atom is -0.475 e. The summed E-state index contributed by atoms with van der Waals surface area (Å²) in [5, 5.41) is 10.1. The SMILES string of the molecule is Cc1cn(C[C@H]2CC[C@H](C)CC2)c2c(-c3cccc(Cl)c3)nc(C(=O)O)nc12. The lowest BCUT2D eigenvalue weighted by Crippen LogP contribution is -2.17. The highest BCUT2D eigenvalue weighted by atomic mass is 35.5. The smallest absolute Gasteiger partial charge is 0.373 e. The number of nitrogens with zero attached hydrogens (tertiary/aromatic N) is 3. The number of carboxylic acid groups (broad SMARTS) is 1. The number of carbonyl (C=O) groups is 1. The molecule has 0 amide bonds. The molecule has 0 atom stereocenters.